The summed E-state index contributed by atoms with van der Waals surface area (Å²) in [7, 11) is 1.71. The Bertz CT molecular complexity index is 1190. The normalized spacial score (nSPS) is 15.2. The second-order valence-corrected chi connectivity index (χ2v) is 7.78. The monoisotopic (exact) mass is 466 g/mol. The number of hydrogen-bond acceptors (Lipinski definition) is 7. The van der Waals surface area contributed by atoms with Gasteiger partial charge in [0.2, 0.25) is 0 Å². The molecule has 0 aliphatic carbocycles. The van der Waals surface area contributed by atoms with E-state index < -0.39 is 10.7 Å². The van der Waals surface area contributed by atoms with E-state index in [1.165, 1.54) is 30.5 Å². The zero-order valence-electron chi connectivity index (χ0n) is 18.7. The van der Waals surface area contributed by atoms with Crippen LogP contribution >= 0.6 is 0 Å². The Morgan fingerprint density at radius 1 is 1.24 bits per heavy atom. The summed E-state index contributed by atoms with van der Waals surface area (Å²) in [4.78, 5) is 29.2. The first kappa shape index (κ1) is 23.0. The Balaban J connectivity index is 1.44. The minimum atomic E-state index is -0.551. The number of benzene rings is 2. The summed E-state index contributed by atoms with van der Waals surface area (Å²) in [6.45, 7) is 2.71. The van der Waals surface area contributed by atoms with Crippen molar-refractivity contribution in [3.63, 3.8) is 0 Å². The lowest BCUT2D eigenvalue weighted by Crippen LogP contribution is -2.30. The predicted octanol–water partition coefficient (Wildman–Crippen LogP) is 5.07. The van der Waals surface area contributed by atoms with E-state index >= 15 is 0 Å². The number of hydrogen-bond donors (Lipinski definition) is 0. The third-order valence-corrected chi connectivity index (χ3v) is 5.62. The SMILES string of the molecule is CCN(c1ccc(Oc2ccc(C[C@H]3COC(=O)N3C)cc2)c(F)c1)c1ccc([N+](=O)[O-])cn1. The Hall–Kier alpha value is -4.21. The van der Waals surface area contributed by atoms with Gasteiger partial charge in [0, 0.05) is 31.4 Å². The van der Waals surface area contributed by atoms with Crippen molar-refractivity contribution in [1.82, 2.24) is 9.88 Å². The molecule has 2 aromatic carbocycles. The average Bonchev–Trinajstić information content (AvgIpc) is 3.15. The number of likely N-dealkylation sites (N-methyl/N-ethyl adjacent to an activating group) is 1. The summed E-state index contributed by atoms with van der Waals surface area (Å²) in [6, 6.07) is 14.7. The Morgan fingerprint density at radius 2 is 2.00 bits per heavy atom. The molecular weight excluding hydrogens is 443 g/mol. The van der Waals surface area contributed by atoms with Crippen LogP contribution in [0.2, 0.25) is 0 Å². The number of cyclic esters (lactones) is 1. The van der Waals surface area contributed by atoms with Crippen LogP contribution in [0.5, 0.6) is 11.5 Å². The molecule has 1 atom stereocenters. The number of carbonyl (C=O) groups is 1. The van der Waals surface area contributed by atoms with Gasteiger partial charge in [0.05, 0.1) is 11.0 Å². The molecule has 3 aromatic rings. The van der Waals surface area contributed by atoms with Gasteiger partial charge in [-0.05, 0) is 49.2 Å². The van der Waals surface area contributed by atoms with E-state index in [1.54, 1.807) is 35.0 Å². The largest absolute Gasteiger partial charge is 0.454 e. The van der Waals surface area contributed by atoms with Crippen LogP contribution in [-0.4, -0.2) is 47.1 Å². The van der Waals surface area contributed by atoms with Crippen LogP contribution in [0.25, 0.3) is 0 Å². The van der Waals surface area contributed by atoms with E-state index in [-0.39, 0.29) is 23.6 Å². The molecule has 1 saturated heterocycles. The first-order chi connectivity index (χ1) is 16.4. The number of anilines is 2. The van der Waals surface area contributed by atoms with Crippen molar-refractivity contribution in [2.75, 3.05) is 25.1 Å². The third-order valence-electron chi connectivity index (χ3n) is 5.62. The molecule has 1 aliphatic rings. The fraction of sp³-hybridized carbons (Fsp3) is 0.250. The number of rotatable bonds is 8. The van der Waals surface area contributed by atoms with E-state index in [4.69, 9.17) is 9.47 Å². The lowest BCUT2D eigenvalue weighted by molar-refractivity contribution is -0.385. The van der Waals surface area contributed by atoms with Crippen LogP contribution in [0.15, 0.2) is 60.8 Å². The topological polar surface area (TPSA) is 98.0 Å². The summed E-state index contributed by atoms with van der Waals surface area (Å²) < 4.78 is 25.6. The Labute approximate surface area is 195 Å². The van der Waals surface area contributed by atoms with Gasteiger partial charge in [-0.2, -0.15) is 0 Å². The van der Waals surface area contributed by atoms with E-state index in [2.05, 4.69) is 4.98 Å². The highest BCUT2D eigenvalue weighted by molar-refractivity contribution is 5.69. The smallest absolute Gasteiger partial charge is 0.409 e. The van der Waals surface area contributed by atoms with Crippen molar-refractivity contribution >= 4 is 23.3 Å². The molecule has 0 unspecified atom stereocenters. The highest BCUT2D eigenvalue weighted by Crippen LogP contribution is 2.31. The highest BCUT2D eigenvalue weighted by atomic mass is 19.1. The van der Waals surface area contributed by atoms with Gasteiger partial charge < -0.3 is 19.3 Å². The second kappa shape index (κ2) is 9.74. The molecule has 0 N–H and O–H groups in total. The molecule has 34 heavy (non-hydrogen) atoms. The van der Waals surface area contributed by atoms with Gasteiger partial charge in [-0.15, -0.1) is 0 Å². The summed E-state index contributed by atoms with van der Waals surface area (Å²) in [5, 5.41) is 10.8. The third kappa shape index (κ3) is 4.90. The standard InChI is InChI=1S/C24H23FN4O5/c1-3-28(23-11-7-18(14-26-23)29(31)32)17-6-10-22(21(25)13-17)34-20-8-4-16(5-9-20)12-19-15-33-24(30)27(19)2/h4-11,13-14,19H,3,12,15H2,1-2H3/t19-/m0/s1. The number of ether oxygens (including phenoxy) is 2. The van der Waals surface area contributed by atoms with Gasteiger partial charge in [-0.1, -0.05) is 12.1 Å². The molecular formula is C24H23FN4O5. The zero-order valence-corrected chi connectivity index (χ0v) is 18.7. The summed E-state index contributed by atoms with van der Waals surface area (Å²) in [5.41, 5.74) is 1.44. The van der Waals surface area contributed by atoms with Gasteiger partial charge in [0.15, 0.2) is 11.6 Å². The van der Waals surface area contributed by atoms with E-state index in [0.717, 1.165) is 5.56 Å². The molecule has 1 fully saturated rings. The maximum absolute atomic E-state index is 14.8. The van der Waals surface area contributed by atoms with Gasteiger partial charge in [-0.25, -0.2) is 14.2 Å². The van der Waals surface area contributed by atoms with Crippen molar-refractivity contribution < 1.29 is 23.6 Å². The first-order valence-electron chi connectivity index (χ1n) is 10.7. The fourth-order valence-electron chi connectivity index (χ4n) is 3.68. The minimum Gasteiger partial charge on any atom is -0.454 e. The molecule has 1 aliphatic heterocycles. The summed E-state index contributed by atoms with van der Waals surface area (Å²) >= 11 is 0. The molecule has 4 rings (SSSR count). The van der Waals surface area contributed by atoms with Crippen LogP contribution in [0.4, 0.5) is 26.4 Å². The Kier molecular flexibility index (Phi) is 6.58. The number of nitrogens with zero attached hydrogens (tertiary/aromatic N) is 4. The molecule has 0 spiro atoms. The van der Waals surface area contributed by atoms with Gasteiger partial charge in [0.1, 0.15) is 24.4 Å². The van der Waals surface area contributed by atoms with Gasteiger partial charge >= 0.3 is 6.09 Å². The van der Waals surface area contributed by atoms with Crippen molar-refractivity contribution in [3.8, 4) is 11.5 Å². The second-order valence-electron chi connectivity index (χ2n) is 7.78. The zero-order chi connectivity index (χ0) is 24.2. The molecule has 10 heteroatoms. The average molecular weight is 466 g/mol. The number of pyridine rings is 1. The predicted molar refractivity (Wildman–Crippen MR) is 123 cm³/mol. The minimum absolute atomic E-state index is 0.0176. The van der Waals surface area contributed by atoms with E-state index in [9.17, 15) is 19.3 Å². The van der Waals surface area contributed by atoms with Crippen LogP contribution in [0.3, 0.4) is 0 Å². The van der Waals surface area contributed by atoms with Gasteiger partial charge in [0.25, 0.3) is 5.69 Å². The van der Waals surface area contributed by atoms with Gasteiger partial charge in [-0.3, -0.25) is 10.1 Å². The first-order valence-corrected chi connectivity index (χ1v) is 10.7. The number of nitro groups is 1. The maximum atomic E-state index is 14.8. The van der Waals surface area contributed by atoms with E-state index in [0.29, 0.717) is 36.8 Å². The van der Waals surface area contributed by atoms with Crippen molar-refractivity contribution in [2.24, 2.45) is 0 Å². The van der Waals surface area contributed by atoms with Crippen LogP contribution < -0.4 is 9.64 Å². The molecule has 2 heterocycles. The van der Waals surface area contributed by atoms with E-state index in [1.807, 2.05) is 19.1 Å². The molecule has 176 valence electrons. The summed E-state index contributed by atoms with van der Waals surface area (Å²) in [6.07, 6.45) is 1.50. The lowest BCUT2D eigenvalue weighted by Gasteiger charge is -2.22. The Morgan fingerprint density at radius 3 is 2.56 bits per heavy atom. The molecule has 0 saturated carbocycles. The maximum Gasteiger partial charge on any atom is 0.409 e. The lowest BCUT2D eigenvalue weighted by atomic mass is 10.1. The van der Waals surface area contributed by atoms with Crippen molar-refractivity contribution in [3.05, 3.63) is 82.3 Å². The molecule has 1 amide bonds. The molecule has 0 bridgehead atoms. The molecule has 9 nitrogen and oxygen atoms in total. The summed E-state index contributed by atoms with van der Waals surface area (Å²) in [5.74, 6) is 0.465. The fourth-order valence-corrected chi connectivity index (χ4v) is 3.68. The van der Waals surface area contributed by atoms with Crippen LogP contribution in [-0.2, 0) is 11.2 Å². The number of halogens is 1. The van der Waals surface area contributed by atoms with Crippen LogP contribution in [0, 0.1) is 15.9 Å². The van der Waals surface area contributed by atoms with Crippen molar-refractivity contribution in [1.29, 1.82) is 0 Å². The number of carbonyl (C=O) groups excluding carboxylic acids is 1. The van der Waals surface area contributed by atoms with Crippen LogP contribution in [0.1, 0.15) is 12.5 Å². The van der Waals surface area contributed by atoms with Crippen molar-refractivity contribution in [2.45, 2.75) is 19.4 Å². The molecule has 0 radical (unpaired) electrons. The quantitative estimate of drug-likeness (QED) is 0.338. The highest BCUT2D eigenvalue weighted by Gasteiger charge is 2.29. The number of aromatic nitrogens is 1. The number of amides is 1. The molecule has 1 aromatic heterocycles.